The molecule has 0 aliphatic carbocycles. The predicted octanol–water partition coefficient (Wildman–Crippen LogP) is 4.66. The van der Waals surface area contributed by atoms with Crippen molar-refractivity contribution in [2.45, 2.75) is 11.4 Å². The van der Waals surface area contributed by atoms with Gasteiger partial charge >= 0.3 is 0 Å². The van der Waals surface area contributed by atoms with Gasteiger partial charge in [-0.3, -0.25) is 19.4 Å². The number of carbonyl (C=O) groups excluding carboxylic acids is 1. The lowest BCUT2D eigenvalue weighted by Crippen LogP contribution is -2.29. The summed E-state index contributed by atoms with van der Waals surface area (Å²) in [5.41, 5.74) is 2.91. The van der Waals surface area contributed by atoms with E-state index < -0.39 is 10.0 Å². The Labute approximate surface area is 255 Å². The monoisotopic (exact) mass is 613 g/mol. The second-order valence-corrected chi connectivity index (χ2v) is 11.5. The van der Waals surface area contributed by atoms with E-state index in [4.69, 9.17) is 9.47 Å². The number of carbonyl (C=O) groups is 1. The highest BCUT2D eigenvalue weighted by atomic mass is 32.2. The van der Waals surface area contributed by atoms with Gasteiger partial charge in [0.15, 0.2) is 11.6 Å². The molecule has 12 nitrogen and oxygen atoms in total. The molecule has 5 aromatic rings. The van der Waals surface area contributed by atoms with Gasteiger partial charge in [0.1, 0.15) is 11.5 Å². The zero-order chi connectivity index (χ0) is 31.1. The molecule has 44 heavy (non-hydrogen) atoms. The van der Waals surface area contributed by atoms with Crippen LogP contribution < -0.4 is 24.8 Å². The number of anilines is 4. The van der Waals surface area contributed by atoms with Gasteiger partial charge in [0.05, 0.1) is 36.7 Å². The SMILES string of the molecule is COc1cc(Nc2nc3ccccc3nc2NS(=O)(=O)c2cccc(NC(=O)CN(C)Cc3cccnc3)c2)cc(OC)c1. The number of fused-ring (bicyclic) bond motifs is 1. The van der Waals surface area contributed by atoms with Crippen molar-refractivity contribution in [1.82, 2.24) is 19.9 Å². The van der Waals surface area contributed by atoms with E-state index in [-0.39, 0.29) is 29.0 Å². The third kappa shape index (κ3) is 7.56. The average molecular weight is 614 g/mol. The molecule has 0 aliphatic heterocycles. The molecule has 5 rings (SSSR count). The number of nitrogens with one attached hydrogen (secondary N) is 3. The summed E-state index contributed by atoms with van der Waals surface area (Å²) in [4.78, 5) is 27.8. The van der Waals surface area contributed by atoms with Crippen molar-refractivity contribution in [1.29, 1.82) is 0 Å². The Bertz CT molecular complexity index is 1870. The molecule has 13 heteroatoms. The molecule has 0 saturated carbocycles. The second kappa shape index (κ2) is 13.4. The maximum Gasteiger partial charge on any atom is 0.263 e. The average Bonchev–Trinajstić information content (AvgIpc) is 3.01. The zero-order valence-corrected chi connectivity index (χ0v) is 25.1. The molecular weight excluding hydrogens is 582 g/mol. The van der Waals surface area contributed by atoms with Crippen molar-refractivity contribution in [2.24, 2.45) is 0 Å². The smallest absolute Gasteiger partial charge is 0.263 e. The number of methoxy groups -OCH3 is 2. The van der Waals surface area contributed by atoms with Gasteiger partial charge in [-0.1, -0.05) is 24.3 Å². The summed E-state index contributed by atoms with van der Waals surface area (Å²) in [7, 11) is 0.726. The minimum atomic E-state index is -4.15. The Morgan fingerprint density at radius 3 is 2.20 bits per heavy atom. The molecule has 2 heterocycles. The highest BCUT2D eigenvalue weighted by Crippen LogP contribution is 2.31. The number of hydrogen-bond acceptors (Lipinski definition) is 10. The lowest BCUT2D eigenvalue weighted by molar-refractivity contribution is -0.117. The summed E-state index contributed by atoms with van der Waals surface area (Å²) in [6.45, 7) is 0.631. The number of sulfonamides is 1. The van der Waals surface area contributed by atoms with Crippen LogP contribution in [0, 0.1) is 0 Å². The Kier molecular flexibility index (Phi) is 9.17. The van der Waals surface area contributed by atoms with Gasteiger partial charge < -0.3 is 20.1 Å². The molecule has 0 atom stereocenters. The Hall–Kier alpha value is -5.27. The summed E-state index contributed by atoms with van der Waals surface area (Å²) in [5.74, 6) is 0.926. The standard InChI is InChI=1S/C31H31N7O5S/c1-38(19-21-8-7-13-32-18-21)20-29(39)33-22-9-6-10-26(16-22)44(40,41)37-31-30(35-27-11-4-5-12-28(27)36-31)34-23-14-24(42-2)17-25(15-23)43-3/h4-18H,19-20H2,1-3H3,(H,33,39)(H,34,35)(H,36,37). The molecule has 0 bridgehead atoms. The molecule has 2 aromatic heterocycles. The van der Waals surface area contributed by atoms with Gasteiger partial charge in [-0.2, -0.15) is 0 Å². The van der Waals surface area contributed by atoms with Crippen LogP contribution in [0.25, 0.3) is 11.0 Å². The van der Waals surface area contributed by atoms with Gasteiger partial charge in [-0.15, -0.1) is 0 Å². The van der Waals surface area contributed by atoms with Gasteiger partial charge in [0.25, 0.3) is 10.0 Å². The first-order chi connectivity index (χ1) is 21.2. The normalized spacial score (nSPS) is 11.3. The highest BCUT2D eigenvalue weighted by molar-refractivity contribution is 7.92. The Morgan fingerprint density at radius 1 is 0.841 bits per heavy atom. The van der Waals surface area contributed by atoms with Gasteiger partial charge in [0, 0.05) is 48.5 Å². The van der Waals surface area contributed by atoms with E-state index in [1.54, 1.807) is 60.9 Å². The number of aromatic nitrogens is 3. The minimum Gasteiger partial charge on any atom is -0.497 e. The molecule has 0 spiro atoms. The Morgan fingerprint density at radius 2 is 1.55 bits per heavy atom. The molecule has 0 radical (unpaired) electrons. The van der Waals surface area contributed by atoms with E-state index in [0.717, 1.165) is 5.56 Å². The number of ether oxygens (including phenoxy) is 2. The summed E-state index contributed by atoms with van der Waals surface area (Å²) in [6, 6.07) is 22.0. The van der Waals surface area contributed by atoms with E-state index in [9.17, 15) is 13.2 Å². The molecule has 0 fully saturated rings. The van der Waals surface area contributed by atoms with Gasteiger partial charge in [-0.05, 0) is 49.0 Å². The number of para-hydroxylation sites is 2. The number of amides is 1. The van der Waals surface area contributed by atoms with Crippen molar-refractivity contribution in [3.63, 3.8) is 0 Å². The lowest BCUT2D eigenvalue weighted by atomic mass is 10.2. The molecular formula is C31H31N7O5S. The molecule has 0 unspecified atom stereocenters. The van der Waals surface area contributed by atoms with Crippen molar-refractivity contribution < 1.29 is 22.7 Å². The lowest BCUT2D eigenvalue weighted by Gasteiger charge is -2.17. The van der Waals surface area contributed by atoms with Crippen LogP contribution in [0.5, 0.6) is 11.5 Å². The first kappa shape index (κ1) is 30.2. The first-order valence-corrected chi connectivity index (χ1v) is 15.0. The number of likely N-dealkylation sites (N-methyl/N-ethyl adjacent to an activating group) is 1. The maximum absolute atomic E-state index is 13.6. The topological polar surface area (TPSA) is 148 Å². The van der Waals surface area contributed by atoms with Crippen molar-refractivity contribution >= 4 is 50.0 Å². The van der Waals surface area contributed by atoms with Crippen LogP contribution >= 0.6 is 0 Å². The number of pyridine rings is 1. The molecule has 226 valence electrons. The van der Waals surface area contributed by atoms with E-state index in [0.29, 0.717) is 40.5 Å². The van der Waals surface area contributed by atoms with Crippen LogP contribution in [0.15, 0.2) is 96.2 Å². The maximum atomic E-state index is 13.6. The van der Waals surface area contributed by atoms with Crippen molar-refractivity contribution in [2.75, 3.05) is 43.2 Å². The summed E-state index contributed by atoms with van der Waals surface area (Å²) in [6.07, 6.45) is 3.43. The molecule has 3 aromatic carbocycles. The fourth-order valence-electron chi connectivity index (χ4n) is 4.41. The molecule has 3 N–H and O–H groups in total. The third-order valence-electron chi connectivity index (χ3n) is 6.43. The first-order valence-electron chi connectivity index (χ1n) is 13.5. The largest absolute Gasteiger partial charge is 0.497 e. The van der Waals surface area contributed by atoms with Gasteiger partial charge in [-0.25, -0.2) is 18.4 Å². The van der Waals surface area contributed by atoms with Crippen molar-refractivity contribution in [3.05, 3.63) is 96.8 Å². The fraction of sp³-hybridized carbons (Fsp3) is 0.161. The number of hydrogen-bond donors (Lipinski definition) is 3. The van der Waals surface area contributed by atoms with Crippen LogP contribution in [0.4, 0.5) is 23.0 Å². The van der Waals surface area contributed by atoms with Crippen LogP contribution in [0.2, 0.25) is 0 Å². The van der Waals surface area contributed by atoms with Crippen LogP contribution in [0.3, 0.4) is 0 Å². The van der Waals surface area contributed by atoms with E-state index in [2.05, 4.69) is 30.3 Å². The highest BCUT2D eigenvalue weighted by Gasteiger charge is 2.20. The third-order valence-corrected chi connectivity index (χ3v) is 7.77. The number of rotatable bonds is 12. The molecule has 1 amide bonds. The van der Waals surface area contributed by atoms with E-state index in [1.807, 2.05) is 30.1 Å². The van der Waals surface area contributed by atoms with Crippen LogP contribution in [0.1, 0.15) is 5.56 Å². The van der Waals surface area contributed by atoms with E-state index >= 15 is 0 Å². The second-order valence-electron chi connectivity index (χ2n) is 9.85. The summed E-state index contributed by atoms with van der Waals surface area (Å²) >= 11 is 0. The summed E-state index contributed by atoms with van der Waals surface area (Å²) < 4.78 is 40.5. The number of benzene rings is 3. The summed E-state index contributed by atoms with van der Waals surface area (Å²) in [5, 5.41) is 5.91. The zero-order valence-electron chi connectivity index (χ0n) is 24.3. The quantitative estimate of drug-likeness (QED) is 0.182. The minimum absolute atomic E-state index is 0.0167. The van der Waals surface area contributed by atoms with E-state index in [1.165, 1.54) is 26.4 Å². The number of nitrogens with zero attached hydrogens (tertiary/aromatic N) is 4. The molecule has 0 saturated heterocycles. The van der Waals surface area contributed by atoms with Crippen LogP contribution in [-0.2, 0) is 21.4 Å². The van der Waals surface area contributed by atoms with Gasteiger partial charge in [0.2, 0.25) is 5.91 Å². The van der Waals surface area contributed by atoms with Crippen LogP contribution in [-0.4, -0.2) is 62.0 Å². The van der Waals surface area contributed by atoms with Crippen molar-refractivity contribution in [3.8, 4) is 11.5 Å². The fourth-order valence-corrected chi connectivity index (χ4v) is 5.46. The molecule has 0 aliphatic rings. The Balaban J connectivity index is 1.37. The predicted molar refractivity (Wildman–Crippen MR) is 169 cm³/mol.